The summed E-state index contributed by atoms with van der Waals surface area (Å²) in [6.07, 6.45) is 1.38. The Morgan fingerprint density at radius 1 is 1.32 bits per heavy atom. The van der Waals surface area contributed by atoms with Crippen LogP contribution in [0.2, 0.25) is 0 Å². The van der Waals surface area contributed by atoms with Crippen LogP contribution < -0.4 is 0 Å². The fourth-order valence-corrected chi connectivity index (χ4v) is 3.34. The number of hydrogen-bond acceptors (Lipinski definition) is 4. The van der Waals surface area contributed by atoms with Crippen LogP contribution in [0.1, 0.15) is 47.3 Å². The van der Waals surface area contributed by atoms with Crippen molar-refractivity contribution in [1.29, 1.82) is 0 Å². The van der Waals surface area contributed by atoms with Crippen LogP contribution in [0.5, 0.6) is 0 Å². The second-order valence-electron chi connectivity index (χ2n) is 6.51. The predicted molar refractivity (Wildman–Crippen MR) is 94.4 cm³/mol. The lowest BCUT2D eigenvalue weighted by molar-refractivity contribution is -0.00702. The topological polar surface area (TPSA) is 78.5 Å². The molecule has 0 radical (unpaired) electrons. The van der Waals surface area contributed by atoms with Gasteiger partial charge in [-0.05, 0) is 25.8 Å². The highest BCUT2D eigenvalue weighted by Crippen LogP contribution is 2.30. The first-order valence-electron chi connectivity index (χ1n) is 8.76. The number of carbonyl (C=O) groups excluding carboxylic acids is 1. The van der Waals surface area contributed by atoms with E-state index in [0.717, 1.165) is 23.2 Å². The molecule has 1 amide bonds. The van der Waals surface area contributed by atoms with Crippen molar-refractivity contribution < 1.29 is 14.6 Å². The second kappa shape index (κ2) is 7.80. The van der Waals surface area contributed by atoms with Gasteiger partial charge < -0.3 is 14.7 Å². The molecule has 0 saturated heterocycles. The summed E-state index contributed by atoms with van der Waals surface area (Å²) >= 11 is 0. The van der Waals surface area contributed by atoms with Crippen LogP contribution in [0.4, 0.5) is 0 Å². The molecule has 2 N–H and O–H groups in total. The third kappa shape index (κ3) is 3.91. The van der Waals surface area contributed by atoms with Crippen molar-refractivity contribution in [2.45, 2.75) is 38.9 Å². The Labute approximate surface area is 147 Å². The number of nitrogens with one attached hydrogen (secondary N) is 1. The molecule has 2 aromatic rings. The average molecular weight is 343 g/mol. The summed E-state index contributed by atoms with van der Waals surface area (Å²) in [5.74, 6) is -0.135. The first-order chi connectivity index (χ1) is 12.1. The Morgan fingerprint density at radius 3 is 2.80 bits per heavy atom. The van der Waals surface area contributed by atoms with Gasteiger partial charge in [0.1, 0.15) is 0 Å². The van der Waals surface area contributed by atoms with Gasteiger partial charge in [-0.3, -0.25) is 9.89 Å². The standard InChI is InChI=1S/C19H25N3O3/c1-13-12-16-17(14(2)25-13)20-21-18(16)19(24)22(10-11-23)9-8-15-6-4-3-5-7-15/h3-7,13-14,23H,8-12H2,1-2H3,(H,20,21)/t13-,14+/m1/s1. The van der Waals surface area contributed by atoms with Crippen LogP contribution in [-0.2, 0) is 17.6 Å². The van der Waals surface area contributed by atoms with Crippen molar-refractivity contribution >= 4 is 5.91 Å². The van der Waals surface area contributed by atoms with Gasteiger partial charge in [0.25, 0.3) is 5.91 Å². The maximum atomic E-state index is 13.0. The highest BCUT2D eigenvalue weighted by molar-refractivity contribution is 5.94. The Balaban J connectivity index is 1.77. The maximum absolute atomic E-state index is 13.0. The molecule has 3 rings (SSSR count). The fraction of sp³-hybridized carbons (Fsp3) is 0.474. The second-order valence-corrected chi connectivity index (χ2v) is 6.51. The Kier molecular flexibility index (Phi) is 5.50. The largest absolute Gasteiger partial charge is 0.395 e. The van der Waals surface area contributed by atoms with Crippen LogP contribution >= 0.6 is 0 Å². The SMILES string of the molecule is C[C@@H]1Cc2c(C(=O)N(CCO)CCc3ccccc3)n[nH]c2[C@H](C)O1. The quantitative estimate of drug-likeness (QED) is 0.842. The number of aliphatic hydroxyl groups is 1. The third-order valence-corrected chi connectivity index (χ3v) is 4.61. The first-order valence-corrected chi connectivity index (χ1v) is 8.76. The lowest BCUT2D eigenvalue weighted by Gasteiger charge is -2.26. The molecule has 1 aliphatic heterocycles. The number of benzene rings is 1. The molecule has 0 unspecified atom stereocenters. The predicted octanol–water partition coefficient (Wildman–Crippen LogP) is 2.11. The van der Waals surface area contributed by atoms with Crippen LogP contribution in [0.25, 0.3) is 0 Å². The van der Waals surface area contributed by atoms with Crippen LogP contribution in [0.15, 0.2) is 30.3 Å². The Bertz CT molecular complexity index is 714. The van der Waals surface area contributed by atoms with E-state index in [9.17, 15) is 9.90 Å². The van der Waals surface area contributed by atoms with E-state index in [2.05, 4.69) is 10.2 Å². The molecular formula is C19H25N3O3. The van der Waals surface area contributed by atoms with Gasteiger partial charge in [-0.25, -0.2) is 0 Å². The number of rotatable bonds is 6. The number of amides is 1. The summed E-state index contributed by atoms with van der Waals surface area (Å²) in [4.78, 5) is 14.7. The van der Waals surface area contributed by atoms with E-state index in [0.29, 0.717) is 25.2 Å². The van der Waals surface area contributed by atoms with Crippen molar-refractivity contribution in [1.82, 2.24) is 15.1 Å². The molecule has 25 heavy (non-hydrogen) atoms. The lowest BCUT2D eigenvalue weighted by atomic mass is 9.99. The number of nitrogens with zero attached hydrogens (tertiary/aromatic N) is 2. The van der Waals surface area contributed by atoms with Crippen LogP contribution in [0, 0.1) is 0 Å². The molecule has 0 bridgehead atoms. The number of hydrogen-bond donors (Lipinski definition) is 2. The minimum absolute atomic E-state index is 0.0576. The van der Waals surface area contributed by atoms with Crippen LogP contribution in [0.3, 0.4) is 0 Å². The summed E-state index contributed by atoms with van der Waals surface area (Å²) < 4.78 is 5.78. The minimum Gasteiger partial charge on any atom is -0.395 e. The zero-order valence-electron chi connectivity index (χ0n) is 14.7. The minimum atomic E-state index is -0.135. The van der Waals surface area contributed by atoms with E-state index < -0.39 is 0 Å². The molecule has 1 aromatic carbocycles. The molecule has 0 spiro atoms. The number of aromatic nitrogens is 2. The number of ether oxygens (including phenoxy) is 1. The molecular weight excluding hydrogens is 318 g/mol. The molecule has 0 saturated carbocycles. The molecule has 0 aliphatic carbocycles. The lowest BCUT2D eigenvalue weighted by Crippen LogP contribution is -2.36. The molecule has 0 fully saturated rings. The zero-order chi connectivity index (χ0) is 17.8. The van der Waals surface area contributed by atoms with Gasteiger partial charge in [0.15, 0.2) is 5.69 Å². The number of aliphatic hydroxyl groups excluding tert-OH is 1. The van der Waals surface area contributed by atoms with Gasteiger partial charge in [-0.2, -0.15) is 5.10 Å². The molecule has 134 valence electrons. The molecule has 6 heteroatoms. The van der Waals surface area contributed by atoms with E-state index >= 15 is 0 Å². The van der Waals surface area contributed by atoms with Gasteiger partial charge in [0.2, 0.25) is 0 Å². The Hall–Kier alpha value is -2.18. The summed E-state index contributed by atoms with van der Waals surface area (Å²) in [5.41, 5.74) is 3.45. The van der Waals surface area contributed by atoms with Crippen molar-refractivity contribution in [3.05, 3.63) is 52.8 Å². The van der Waals surface area contributed by atoms with Gasteiger partial charge >= 0.3 is 0 Å². The molecule has 1 aliphatic rings. The maximum Gasteiger partial charge on any atom is 0.274 e. The summed E-state index contributed by atoms with van der Waals surface area (Å²) in [6, 6.07) is 10.0. The third-order valence-electron chi connectivity index (χ3n) is 4.61. The van der Waals surface area contributed by atoms with Gasteiger partial charge in [-0.1, -0.05) is 30.3 Å². The Morgan fingerprint density at radius 2 is 2.08 bits per heavy atom. The monoisotopic (exact) mass is 343 g/mol. The summed E-state index contributed by atoms with van der Waals surface area (Å²) in [5, 5.41) is 16.6. The van der Waals surface area contributed by atoms with Gasteiger partial charge in [-0.15, -0.1) is 0 Å². The van der Waals surface area contributed by atoms with Crippen LogP contribution in [-0.4, -0.2) is 51.9 Å². The number of fused-ring (bicyclic) bond motifs is 1. The average Bonchev–Trinajstić information content (AvgIpc) is 3.03. The highest BCUT2D eigenvalue weighted by atomic mass is 16.5. The highest BCUT2D eigenvalue weighted by Gasteiger charge is 2.31. The molecule has 2 heterocycles. The van der Waals surface area contributed by atoms with Crippen molar-refractivity contribution in [2.24, 2.45) is 0 Å². The number of carbonyl (C=O) groups is 1. The molecule has 2 atom stereocenters. The first kappa shape index (κ1) is 17.6. The van der Waals surface area contributed by atoms with Crippen molar-refractivity contribution in [3.63, 3.8) is 0 Å². The van der Waals surface area contributed by atoms with Crippen molar-refractivity contribution in [2.75, 3.05) is 19.7 Å². The van der Waals surface area contributed by atoms with Gasteiger partial charge in [0, 0.05) is 25.1 Å². The van der Waals surface area contributed by atoms with E-state index in [1.807, 2.05) is 44.2 Å². The number of H-pyrrole nitrogens is 1. The van der Waals surface area contributed by atoms with E-state index in [1.165, 1.54) is 0 Å². The number of aromatic amines is 1. The van der Waals surface area contributed by atoms with Gasteiger partial charge in [0.05, 0.1) is 24.5 Å². The molecule has 1 aromatic heterocycles. The normalized spacial score (nSPS) is 19.5. The van der Waals surface area contributed by atoms with E-state index in [4.69, 9.17) is 4.74 Å². The summed E-state index contributed by atoms with van der Waals surface area (Å²) in [7, 11) is 0. The van der Waals surface area contributed by atoms with E-state index in [-0.39, 0.29) is 24.7 Å². The summed E-state index contributed by atoms with van der Waals surface area (Å²) in [6.45, 7) is 4.74. The van der Waals surface area contributed by atoms with E-state index in [1.54, 1.807) is 4.90 Å². The van der Waals surface area contributed by atoms with Crippen molar-refractivity contribution in [3.8, 4) is 0 Å². The zero-order valence-corrected chi connectivity index (χ0v) is 14.7. The molecule has 6 nitrogen and oxygen atoms in total. The fourth-order valence-electron chi connectivity index (χ4n) is 3.34. The smallest absolute Gasteiger partial charge is 0.274 e.